The van der Waals surface area contributed by atoms with Crippen molar-refractivity contribution in [2.75, 3.05) is 0 Å². The fourth-order valence-electron chi connectivity index (χ4n) is 4.54. The van der Waals surface area contributed by atoms with Crippen molar-refractivity contribution in [3.05, 3.63) is 0 Å². The van der Waals surface area contributed by atoms with Crippen LogP contribution in [0.2, 0.25) is 0 Å². The lowest BCUT2D eigenvalue weighted by Gasteiger charge is -2.52. The van der Waals surface area contributed by atoms with Gasteiger partial charge in [0.05, 0.1) is 11.3 Å². The molecule has 16 heavy (non-hydrogen) atoms. The van der Waals surface area contributed by atoms with Crippen molar-refractivity contribution in [3.8, 4) is 0 Å². The zero-order valence-corrected chi connectivity index (χ0v) is 10.1. The maximum absolute atomic E-state index is 12.0. The molecule has 3 atom stereocenters. The largest absolute Gasteiger partial charge is 0.392 e. The second kappa shape index (κ2) is 2.52. The molecular weight excluding hydrogens is 204 g/mol. The van der Waals surface area contributed by atoms with Crippen molar-refractivity contribution in [2.24, 2.45) is 22.2 Å². The van der Waals surface area contributed by atoms with E-state index in [2.05, 4.69) is 13.8 Å². The minimum absolute atomic E-state index is 0.0227. The molecule has 1 saturated heterocycles. The molecule has 1 aliphatic heterocycles. The molecule has 3 heteroatoms. The van der Waals surface area contributed by atoms with Crippen LogP contribution >= 0.6 is 0 Å². The predicted molar refractivity (Wildman–Crippen MR) is 57.4 cm³/mol. The molecule has 2 saturated carbocycles. The third-order valence-corrected chi connectivity index (χ3v) is 5.56. The van der Waals surface area contributed by atoms with Crippen LogP contribution in [0.15, 0.2) is 0 Å². The van der Waals surface area contributed by atoms with Crippen LogP contribution in [-0.2, 0) is 14.3 Å². The van der Waals surface area contributed by atoms with Crippen LogP contribution in [0.5, 0.6) is 0 Å². The standard InChI is InChI=1S/C13H18O3/c1-11(2)5-4-6-12(3)10(15)16-9(14)8-7-13(8,11)12/h8H,4-7H2,1-3H3. The highest BCUT2D eigenvalue weighted by Gasteiger charge is 2.79. The van der Waals surface area contributed by atoms with Crippen LogP contribution in [0.3, 0.4) is 0 Å². The van der Waals surface area contributed by atoms with Gasteiger partial charge in [0.1, 0.15) is 0 Å². The Bertz CT molecular complexity index is 398. The molecule has 3 rings (SSSR count). The van der Waals surface area contributed by atoms with Crippen LogP contribution in [-0.4, -0.2) is 11.9 Å². The van der Waals surface area contributed by atoms with Gasteiger partial charge in [-0.05, 0) is 31.6 Å². The summed E-state index contributed by atoms with van der Waals surface area (Å²) in [6.07, 6.45) is 3.89. The topological polar surface area (TPSA) is 43.4 Å². The van der Waals surface area contributed by atoms with E-state index in [1.165, 1.54) is 0 Å². The second-order valence-electron chi connectivity index (χ2n) is 6.51. The van der Waals surface area contributed by atoms with Crippen molar-refractivity contribution >= 4 is 11.9 Å². The maximum atomic E-state index is 12.0. The lowest BCUT2D eigenvalue weighted by molar-refractivity contribution is -0.189. The van der Waals surface area contributed by atoms with Crippen LogP contribution in [0.25, 0.3) is 0 Å². The minimum atomic E-state index is -0.423. The van der Waals surface area contributed by atoms with Gasteiger partial charge in [-0.3, -0.25) is 9.59 Å². The van der Waals surface area contributed by atoms with Gasteiger partial charge in [-0.2, -0.15) is 0 Å². The molecule has 3 aliphatic rings. The summed E-state index contributed by atoms with van der Waals surface area (Å²) in [4.78, 5) is 23.7. The average Bonchev–Trinajstić information content (AvgIpc) is 2.90. The van der Waals surface area contributed by atoms with E-state index < -0.39 is 5.41 Å². The summed E-state index contributed by atoms with van der Waals surface area (Å²) in [5.41, 5.74) is -0.447. The highest BCUT2D eigenvalue weighted by Crippen LogP contribution is 2.78. The first-order chi connectivity index (χ1) is 7.35. The Balaban J connectivity index is 2.14. The lowest BCUT2D eigenvalue weighted by Crippen LogP contribution is -2.54. The van der Waals surface area contributed by atoms with Gasteiger partial charge in [0.25, 0.3) is 0 Å². The van der Waals surface area contributed by atoms with Gasteiger partial charge in [-0.25, -0.2) is 0 Å². The first-order valence-corrected chi connectivity index (χ1v) is 6.11. The Morgan fingerprint density at radius 1 is 1.19 bits per heavy atom. The molecule has 0 bridgehead atoms. The lowest BCUT2D eigenvalue weighted by atomic mass is 9.52. The summed E-state index contributed by atoms with van der Waals surface area (Å²) < 4.78 is 4.92. The smallest absolute Gasteiger partial charge is 0.320 e. The van der Waals surface area contributed by atoms with E-state index in [4.69, 9.17) is 4.74 Å². The Kier molecular flexibility index (Phi) is 1.62. The molecular formula is C13H18O3. The van der Waals surface area contributed by atoms with E-state index in [1.54, 1.807) is 0 Å². The van der Waals surface area contributed by atoms with E-state index in [9.17, 15) is 9.59 Å². The average molecular weight is 222 g/mol. The first kappa shape index (κ1) is 10.3. The van der Waals surface area contributed by atoms with Gasteiger partial charge in [0.2, 0.25) is 0 Å². The zero-order chi connectivity index (χ0) is 11.8. The van der Waals surface area contributed by atoms with Gasteiger partial charge in [0, 0.05) is 5.41 Å². The van der Waals surface area contributed by atoms with Gasteiger partial charge in [-0.1, -0.05) is 20.3 Å². The number of ether oxygens (including phenoxy) is 1. The number of carbonyl (C=O) groups is 2. The summed E-state index contributed by atoms with van der Waals surface area (Å²) in [5, 5.41) is 0. The van der Waals surface area contributed by atoms with Gasteiger partial charge in [0.15, 0.2) is 0 Å². The molecule has 2 aliphatic carbocycles. The number of carbonyl (C=O) groups excluding carboxylic acids is 2. The SMILES string of the molecule is CC1(C)CCCC2(C)C(=O)OC(=O)C3CC312. The Morgan fingerprint density at radius 2 is 1.88 bits per heavy atom. The fourth-order valence-corrected chi connectivity index (χ4v) is 4.54. The molecule has 0 radical (unpaired) electrons. The second-order valence-corrected chi connectivity index (χ2v) is 6.51. The van der Waals surface area contributed by atoms with Crippen LogP contribution < -0.4 is 0 Å². The number of hydrogen-bond donors (Lipinski definition) is 0. The Morgan fingerprint density at radius 3 is 2.56 bits per heavy atom. The monoisotopic (exact) mass is 222 g/mol. The van der Waals surface area contributed by atoms with Crippen molar-refractivity contribution in [2.45, 2.75) is 46.5 Å². The summed E-state index contributed by atoms with van der Waals surface area (Å²) in [6.45, 7) is 6.41. The van der Waals surface area contributed by atoms with Gasteiger partial charge >= 0.3 is 11.9 Å². The summed E-state index contributed by atoms with van der Waals surface area (Å²) >= 11 is 0. The zero-order valence-electron chi connectivity index (χ0n) is 10.1. The number of esters is 2. The van der Waals surface area contributed by atoms with E-state index in [0.717, 1.165) is 25.7 Å². The highest BCUT2D eigenvalue weighted by atomic mass is 16.6. The van der Waals surface area contributed by atoms with Crippen molar-refractivity contribution in [1.29, 1.82) is 0 Å². The van der Waals surface area contributed by atoms with Crippen molar-refractivity contribution in [1.82, 2.24) is 0 Å². The third kappa shape index (κ3) is 0.836. The first-order valence-electron chi connectivity index (χ1n) is 6.11. The molecule has 3 unspecified atom stereocenters. The predicted octanol–water partition coefficient (Wildman–Crippen LogP) is 2.29. The molecule has 0 aromatic carbocycles. The van der Waals surface area contributed by atoms with E-state index in [1.807, 2.05) is 6.92 Å². The minimum Gasteiger partial charge on any atom is -0.392 e. The van der Waals surface area contributed by atoms with E-state index in [0.29, 0.717) is 0 Å². The number of rotatable bonds is 0. The molecule has 0 N–H and O–H groups in total. The molecule has 3 fully saturated rings. The summed E-state index contributed by atoms with van der Waals surface area (Å²) in [7, 11) is 0. The quantitative estimate of drug-likeness (QED) is 0.466. The Hall–Kier alpha value is -0.860. The van der Waals surface area contributed by atoms with Crippen molar-refractivity contribution < 1.29 is 14.3 Å². The van der Waals surface area contributed by atoms with Gasteiger partial charge in [-0.15, -0.1) is 0 Å². The summed E-state index contributed by atoms with van der Waals surface area (Å²) in [5.74, 6) is -0.582. The molecule has 0 amide bonds. The summed E-state index contributed by atoms with van der Waals surface area (Å²) in [6, 6.07) is 0. The van der Waals surface area contributed by atoms with Crippen molar-refractivity contribution in [3.63, 3.8) is 0 Å². The molecule has 3 nitrogen and oxygen atoms in total. The highest BCUT2D eigenvalue weighted by molar-refractivity contribution is 5.97. The Labute approximate surface area is 95.5 Å². The molecule has 1 spiro atoms. The van der Waals surface area contributed by atoms with Crippen LogP contribution in [0, 0.1) is 22.2 Å². The van der Waals surface area contributed by atoms with E-state index >= 15 is 0 Å². The van der Waals surface area contributed by atoms with Gasteiger partial charge < -0.3 is 4.74 Å². The normalized spacial score (nSPS) is 49.1. The maximum Gasteiger partial charge on any atom is 0.320 e. The molecule has 1 heterocycles. The van der Waals surface area contributed by atoms with E-state index in [-0.39, 0.29) is 28.7 Å². The number of cyclic esters (lactones) is 2. The molecule has 88 valence electrons. The van der Waals surface area contributed by atoms with Crippen LogP contribution in [0.4, 0.5) is 0 Å². The third-order valence-electron chi connectivity index (χ3n) is 5.56. The van der Waals surface area contributed by atoms with Crippen LogP contribution in [0.1, 0.15) is 46.5 Å². The fraction of sp³-hybridized carbons (Fsp3) is 0.846. The molecule has 0 aromatic heterocycles. The number of hydrogen-bond acceptors (Lipinski definition) is 3. The molecule has 0 aromatic rings.